The van der Waals surface area contributed by atoms with Crippen molar-refractivity contribution in [1.29, 1.82) is 0 Å². The third-order valence-electron chi connectivity index (χ3n) is 12.5. The van der Waals surface area contributed by atoms with E-state index in [2.05, 4.69) is 92.1 Å². The van der Waals surface area contributed by atoms with Crippen LogP contribution in [0.15, 0.2) is 72.9 Å². The minimum Gasteiger partial charge on any atom is -0.756 e. The molecule has 0 aromatic carbocycles. The maximum absolute atomic E-state index is 13.0. The topological polar surface area (TPSA) is 108 Å². The molecular formula is C59H109N2O6P. The zero-order valence-corrected chi connectivity index (χ0v) is 45.9. The minimum atomic E-state index is -4.58. The molecule has 0 fully saturated rings. The van der Waals surface area contributed by atoms with Gasteiger partial charge in [-0.2, -0.15) is 0 Å². The van der Waals surface area contributed by atoms with Gasteiger partial charge in [-0.1, -0.05) is 247 Å². The Hall–Kier alpha value is -2.06. The van der Waals surface area contributed by atoms with E-state index in [-0.39, 0.29) is 19.1 Å². The van der Waals surface area contributed by atoms with Gasteiger partial charge in [-0.05, 0) is 64.2 Å². The molecule has 1 amide bonds. The standard InChI is InChI=1S/C59H109N2O6P/c1-6-8-10-12-14-16-18-20-22-24-26-28-29-30-31-33-35-37-39-41-43-45-47-49-51-53-59(63)60-57(56-67-68(64,65)66-55-54-61(3,4)5)58(62)52-50-48-46-44-42-40-38-36-34-32-27-25-23-21-19-17-15-13-11-9-7-2/h8,10,14,16,20,22,26,28,30-31,35,37,57-58,62H,6-7,9,11-13,15,17-19,21,23-25,27,29,32-34,36,38-56H2,1-5H3,(H-,60,63,64,65)/b10-8-,16-14-,22-20-,28-26-,31-30-,37-35-. The van der Waals surface area contributed by atoms with Gasteiger partial charge in [-0.15, -0.1) is 0 Å². The van der Waals surface area contributed by atoms with E-state index < -0.39 is 20.0 Å². The van der Waals surface area contributed by atoms with Crippen LogP contribution in [-0.2, 0) is 18.4 Å². The number of likely N-dealkylation sites (N-methyl/N-ethyl adjacent to an activating group) is 1. The van der Waals surface area contributed by atoms with Gasteiger partial charge in [0, 0.05) is 6.42 Å². The van der Waals surface area contributed by atoms with Gasteiger partial charge in [0.15, 0.2) is 0 Å². The average molecular weight is 974 g/mol. The van der Waals surface area contributed by atoms with Gasteiger partial charge in [0.2, 0.25) is 5.91 Å². The number of amides is 1. The number of hydrogen-bond acceptors (Lipinski definition) is 6. The molecule has 8 nitrogen and oxygen atoms in total. The summed E-state index contributed by atoms with van der Waals surface area (Å²) in [4.78, 5) is 25.5. The van der Waals surface area contributed by atoms with Crippen molar-refractivity contribution in [2.24, 2.45) is 0 Å². The lowest BCUT2D eigenvalue weighted by molar-refractivity contribution is -0.870. The van der Waals surface area contributed by atoms with Crippen LogP contribution in [0.2, 0.25) is 0 Å². The number of nitrogens with one attached hydrogen (secondary N) is 1. The molecule has 0 saturated heterocycles. The molecule has 0 radical (unpaired) electrons. The van der Waals surface area contributed by atoms with Crippen LogP contribution in [0.5, 0.6) is 0 Å². The van der Waals surface area contributed by atoms with Crippen LogP contribution in [0.1, 0.15) is 245 Å². The summed E-state index contributed by atoms with van der Waals surface area (Å²) >= 11 is 0. The van der Waals surface area contributed by atoms with Crippen LogP contribution in [-0.4, -0.2) is 68.5 Å². The number of carbonyl (C=O) groups excluding carboxylic acids is 1. The number of phosphoric ester groups is 1. The highest BCUT2D eigenvalue weighted by atomic mass is 31.2. The van der Waals surface area contributed by atoms with E-state index in [0.29, 0.717) is 23.9 Å². The van der Waals surface area contributed by atoms with Gasteiger partial charge in [-0.25, -0.2) is 0 Å². The van der Waals surface area contributed by atoms with E-state index in [9.17, 15) is 19.4 Å². The van der Waals surface area contributed by atoms with Crippen LogP contribution < -0.4 is 10.2 Å². The van der Waals surface area contributed by atoms with Crippen LogP contribution >= 0.6 is 7.82 Å². The molecule has 0 aromatic heterocycles. The zero-order chi connectivity index (χ0) is 49.9. The molecule has 396 valence electrons. The van der Waals surface area contributed by atoms with Gasteiger partial charge in [0.25, 0.3) is 7.82 Å². The quantitative estimate of drug-likeness (QED) is 0.0272. The Bertz CT molecular complexity index is 1330. The summed E-state index contributed by atoms with van der Waals surface area (Å²) in [5, 5.41) is 14.0. The van der Waals surface area contributed by atoms with Crippen LogP contribution in [0, 0.1) is 0 Å². The molecule has 0 aromatic rings. The molecular weight excluding hydrogens is 864 g/mol. The predicted octanol–water partition coefficient (Wildman–Crippen LogP) is 16.5. The molecule has 0 aliphatic carbocycles. The Balaban J connectivity index is 4.25. The van der Waals surface area contributed by atoms with E-state index >= 15 is 0 Å². The number of carbonyl (C=O) groups is 1. The van der Waals surface area contributed by atoms with Crippen molar-refractivity contribution in [3.63, 3.8) is 0 Å². The number of nitrogens with zero attached hydrogens (tertiary/aromatic N) is 1. The second-order valence-corrected chi connectivity index (χ2v) is 21.7. The lowest BCUT2D eigenvalue weighted by Crippen LogP contribution is -2.46. The molecule has 0 aliphatic heterocycles. The smallest absolute Gasteiger partial charge is 0.268 e. The second kappa shape index (κ2) is 49.9. The van der Waals surface area contributed by atoms with Crippen molar-refractivity contribution in [1.82, 2.24) is 5.32 Å². The highest BCUT2D eigenvalue weighted by Gasteiger charge is 2.24. The van der Waals surface area contributed by atoms with E-state index in [1.165, 1.54) is 128 Å². The third kappa shape index (κ3) is 51.8. The Labute approximate surface area is 421 Å². The number of rotatable bonds is 51. The number of aliphatic hydroxyl groups is 1. The largest absolute Gasteiger partial charge is 0.756 e. The molecule has 0 rings (SSSR count). The summed E-state index contributed by atoms with van der Waals surface area (Å²) in [7, 11) is 1.29. The number of aliphatic hydroxyl groups excluding tert-OH is 1. The van der Waals surface area contributed by atoms with Gasteiger partial charge in [0.1, 0.15) is 13.2 Å². The van der Waals surface area contributed by atoms with Crippen molar-refractivity contribution in [2.45, 2.75) is 257 Å². The molecule has 0 heterocycles. The summed E-state index contributed by atoms with van der Waals surface area (Å²) in [5.74, 6) is -0.180. The Morgan fingerprint density at radius 3 is 1.31 bits per heavy atom. The highest BCUT2D eigenvalue weighted by Crippen LogP contribution is 2.38. The lowest BCUT2D eigenvalue weighted by Gasteiger charge is -2.30. The van der Waals surface area contributed by atoms with Crippen LogP contribution in [0.25, 0.3) is 0 Å². The minimum absolute atomic E-state index is 0.00576. The first-order valence-electron chi connectivity index (χ1n) is 28.3. The number of allylic oxidation sites excluding steroid dienone is 12. The van der Waals surface area contributed by atoms with E-state index in [0.717, 1.165) is 89.9 Å². The molecule has 0 aliphatic rings. The number of quaternary nitrogens is 1. The third-order valence-corrected chi connectivity index (χ3v) is 13.4. The molecule has 0 saturated carbocycles. The molecule has 9 heteroatoms. The summed E-state index contributed by atoms with van der Waals surface area (Å²) in [5.41, 5.74) is 0. The fraction of sp³-hybridized carbons (Fsp3) is 0.780. The maximum atomic E-state index is 13.0. The first kappa shape index (κ1) is 65.9. The Morgan fingerprint density at radius 1 is 0.529 bits per heavy atom. The first-order chi connectivity index (χ1) is 33.0. The van der Waals surface area contributed by atoms with Crippen LogP contribution in [0.4, 0.5) is 0 Å². The summed E-state index contributed by atoms with van der Waals surface area (Å²) < 4.78 is 23.4. The Kier molecular flexibility index (Phi) is 48.4. The molecule has 0 bridgehead atoms. The molecule has 68 heavy (non-hydrogen) atoms. The highest BCUT2D eigenvalue weighted by molar-refractivity contribution is 7.45. The van der Waals surface area contributed by atoms with Crippen molar-refractivity contribution in [2.75, 3.05) is 40.9 Å². The fourth-order valence-corrected chi connectivity index (χ4v) is 8.77. The molecule has 2 N–H and O–H groups in total. The van der Waals surface area contributed by atoms with E-state index in [1.807, 2.05) is 21.1 Å². The van der Waals surface area contributed by atoms with Gasteiger partial charge in [0.05, 0.1) is 39.9 Å². The number of phosphoric acid groups is 1. The lowest BCUT2D eigenvalue weighted by atomic mass is 10.0. The first-order valence-corrected chi connectivity index (χ1v) is 29.7. The SMILES string of the molecule is CC/C=C\C/C=C\C/C=C\C/C=C\C/C=C\C/C=C\CCCCCCCCC(=O)NC(COP(=O)([O-])OCC[N+](C)(C)C)C(O)CCCCCCCCCCCCCCCCCCCCCCC. The molecule has 3 atom stereocenters. The zero-order valence-electron chi connectivity index (χ0n) is 45.0. The van der Waals surface area contributed by atoms with Gasteiger partial charge in [-0.3, -0.25) is 9.36 Å². The van der Waals surface area contributed by atoms with Gasteiger partial charge < -0.3 is 28.8 Å². The monoisotopic (exact) mass is 973 g/mol. The van der Waals surface area contributed by atoms with E-state index in [1.54, 1.807) is 0 Å². The number of hydrogen-bond donors (Lipinski definition) is 2. The molecule has 3 unspecified atom stereocenters. The fourth-order valence-electron chi connectivity index (χ4n) is 8.04. The van der Waals surface area contributed by atoms with Crippen molar-refractivity contribution in [3.8, 4) is 0 Å². The number of unbranched alkanes of at least 4 members (excludes halogenated alkanes) is 26. The van der Waals surface area contributed by atoms with Gasteiger partial charge >= 0.3 is 0 Å². The summed E-state index contributed by atoms with van der Waals surface area (Å²) in [6.45, 7) is 4.61. The van der Waals surface area contributed by atoms with Crippen molar-refractivity contribution >= 4 is 13.7 Å². The van der Waals surface area contributed by atoms with E-state index in [4.69, 9.17) is 9.05 Å². The van der Waals surface area contributed by atoms with Crippen molar-refractivity contribution in [3.05, 3.63) is 72.9 Å². The predicted molar refractivity (Wildman–Crippen MR) is 293 cm³/mol. The Morgan fingerprint density at radius 2 is 0.897 bits per heavy atom. The maximum Gasteiger partial charge on any atom is 0.268 e. The molecule has 0 spiro atoms. The summed E-state index contributed by atoms with van der Waals surface area (Å²) in [6.07, 6.45) is 67.8. The van der Waals surface area contributed by atoms with Crippen LogP contribution in [0.3, 0.4) is 0 Å². The normalized spacial score (nSPS) is 14.5. The average Bonchev–Trinajstić information content (AvgIpc) is 3.30. The van der Waals surface area contributed by atoms with Crippen molar-refractivity contribution < 1.29 is 32.9 Å². The second-order valence-electron chi connectivity index (χ2n) is 20.3. The summed E-state index contributed by atoms with van der Waals surface area (Å²) in [6, 6.07) is -0.814.